The van der Waals surface area contributed by atoms with Gasteiger partial charge in [-0.2, -0.15) is 0 Å². The molecule has 9 atom stereocenters. The van der Waals surface area contributed by atoms with E-state index >= 15 is 0 Å². The van der Waals surface area contributed by atoms with E-state index in [2.05, 4.69) is 54.6 Å². The van der Waals surface area contributed by atoms with Crippen molar-refractivity contribution in [3.63, 3.8) is 0 Å². The predicted molar refractivity (Wildman–Crippen MR) is 184 cm³/mol. The van der Waals surface area contributed by atoms with Gasteiger partial charge in [0, 0.05) is 32.5 Å². The Hall–Kier alpha value is -1.53. The molecule has 10 heteroatoms. The number of ether oxygens (including phenoxy) is 7. The number of rotatable bonds is 21. The minimum Gasteiger partial charge on any atom is -0.493 e. The van der Waals surface area contributed by atoms with Gasteiger partial charge >= 0.3 is 0 Å². The Balaban J connectivity index is 2.11. The number of hydrogen-bond donors (Lipinski definition) is 0. The van der Waals surface area contributed by atoms with Crippen LogP contribution in [0.5, 0.6) is 11.5 Å². The van der Waals surface area contributed by atoms with Crippen LogP contribution in [0, 0.1) is 23.7 Å². The highest BCUT2D eigenvalue weighted by atomic mass is 28.4. The molecule has 1 heterocycles. The van der Waals surface area contributed by atoms with Crippen molar-refractivity contribution in [3.8, 4) is 11.5 Å². The zero-order valence-electron chi connectivity index (χ0n) is 30.9. The van der Waals surface area contributed by atoms with Gasteiger partial charge in [0.2, 0.25) is 0 Å². The lowest BCUT2D eigenvalue weighted by molar-refractivity contribution is -0.162. The summed E-state index contributed by atoms with van der Waals surface area (Å²) in [7, 11) is 4.61. The summed E-state index contributed by atoms with van der Waals surface area (Å²) >= 11 is 0. The van der Waals surface area contributed by atoms with E-state index in [1.807, 2.05) is 25.1 Å². The second kappa shape index (κ2) is 18.9. The highest BCUT2D eigenvalue weighted by Gasteiger charge is 2.42. The molecule has 1 fully saturated rings. The maximum absolute atomic E-state index is 11.9. The predicted octanol–water partition coefficient (Wildman–Crippen LogP) is 7.64. The number of hydrogen-bond acceptors (Lipinski definition) is 9. The zero-order chi connectivity index (χ0) is 34.7. The molecule has 0 amide bonds. The minimum atomic E-state index is -2.08. The summed E-state index contributed by atoms with van der Waals surface area (Å²) in [5, 5.41) is 0.0471. The SMILES string of the molecule is COc1ccc(COCO[C@H](CC[C@H](C)[C@H](C[C@H](O[Si](C)(C)C(C)(C)C)[C@@H](C)C=O)OC)[C@H](C)[C@@H]2OC(OC)C[C@H]2C)cc1OC. The lowest BCUT2D eigenvalue weighted by atomic mass is 9.84. The molecule has 0 radical (unpaired) electrons. The minimum absolute atomic E-state index is 0.0186. The van der Waals surface area contributed by atoms with E-state index in [0.29, 0.717) is 30.4 Å². The number of carbonyl (C=O) groups excluding carboxylic acids is 1. The molecule has 0 spiro atoms. The highest BCUT2D eigenvalue weighted by Crippen LogP contribution is 2.39. The summed E-state index contributed by atoms with van der Waals surface area (Å²) in [6.07, 6.45) is 3.70. The van der Waals surface area contributed by atoms with Crippen molar-refractivity contribution in [3.05, 3.63) is 23.8 Å². The number of methoxy groups -OCH3 is 4. The van der Waals surface area contributed by atoms with E-state index in [1.54, 1.807) is 28.4 Å². The molecule has 9 nitrogen and oxygen atoms in total. The summed E-state index contributed by atoms with van der Waals surface area (Å²) in [4.78, 5) is 11.9. The van der Waals surface area contributed by atoms with Gasteiger partial charge in [-0.05, 0) is 66.9 Å². The Bertz CT molecular complexity index is 1030. The lowest BCUT2D eigenvalue weighted by Gasteiger charge is -2.41. The molecule has 1 aromatic carbocycles. The Kier molecular flexibility index (Phi) is 16.7. The average molecular weight is 669 g/mol. The molecule has 1 aromatic rings. The van der Waals surface area contributed by atoms with Crippen LogP contribution < -0.4 is 9.47 Å². The van der Waals surface area contributed by atoms with Gasteiger partial charge in [0.05, 0.1) is 45.2 Å². The van der Waals surface area contributed by atoms with E-state index < -0.39 is 8.32 Å². The fraction of sp³-hybridized carbons (Fsp3) is 0.806. The van der Waals surface area contributed by atoms with Gasteiger partial charge in [-0.3, -0.25) is 0 Å². The molecule has 2 rings (SSSR count). The summed E-state index contributed by atoms with van der Waals surface area (Å²) in [5.74, 6) is 1.82. The number of aldehydes is 1. The first-order valence-electron chi connectivity index (χ1n) is 16.9. The lowest BCUT2D eigenvalue weighted by Crippen LogP contribution is -2.47. The van der Waals surface area contributed by atoms with Crippen molar-refractivity contribution in [2.45, 2.75) is 130 Å². The fourth-order valence-corrected chi connectivity index (χ4v) is 7.41. The van der Waals surface area contributed by atoms with Crippen LogP contribution in [-0.4, -0.2) is 80.5 Å². The molecule has 1 saturated heterocycles. The van der Waals surface area contributed by atoms with Crippen LogP contribution in [0.2, 0.25) is 18.1 Å². The van der Waals surface area contributed by atoms with E-state index in [4.69, 9.17) is 37.6 Å². The maximum Gasteiger partial charge on any atom is 0.192 e. The second-order valence-electron chi connectivity index (χ2n) is 14.7. The summed E-state index contributed by atoms with van der Waals surface area (Å²) in [6.45, 7) is 20.3. The summed E-state index contributed by atoms with van der Waals surface area (Å²) in [6, 6.07) is 5.75. The van der Waals surface area contributed by atoms with Crippen LogP contribution in [0.15, 0.2) is 18.2 Å². The number of benzene rings is 1. The quantitative estimate of drug-likeness (QED) is 0.0567. The normalized spacial score (nSPS) is 22.9. The van der Waals surface area contributed by atoms with Crippen LogP contribution in [0.3, 0.4) is 0 Å². The van der Waals surface area contributed by atoms with Crippen LogP contribution in [0.25, 0.3) is 0 Å². The topological polar surface area (TPSA) is 90.9 Å². The van der Waals surface area contributed by atoms with Gasteiger partial charge in [-0.25, -0.2) is 0 Å². The highest BCUT2D eigenvalue weighted by molar-refractivity contribution is 6.74. The van der Waals surface area contributed by atoms with Gasteiger partial charge in [-0.1, -0.05) is 54.5 Å². The first-order chi connectivity index (χ1) is 21.6. The van der Waals surface area contributed by atoms with Crippen LogP contribution in [-0.2, 0) is 39.5 Å². The largest absolute Gasteiger partial charge is 0.493 e. The molecule has 1 aliphatic heterocycles. The molecule has 1 aliphatic rings. The molecule has 266 valence electrons. The van der Waals surface area contributed by atoms with Crippen LogP contribution >= 0.6 is 0 Å². The second-order valence-corrected chi connectivity index (χ2v) is 19.4. The molecule has 46 heavy (non-hydrogen) atoms. The first-order valence-corrected chi connectivity index (χ1v) is 19.8. The van der Waals surface area contributed by atoms with Gasteiger partial charge in [0.1, 0.15) is 13.1 Å². The monoisotopic (exact) mass is 668 g/mol. The van der Waals surface area contributed by atoms with Crippen LogP contribution in [0.4, 0.5) is 0 Å². The molecule has 0 bridgehead atoms. The Labute approximate surface area is 280 Å². The van der Waals surface area contributed by atoms with E-state index in [9.17, 15) is 4.79 Å². The maximum atomic E-state index is 11.9. The van der Waals surface area contributed by atoms with E-state index in [1.165, 1.54) is 0 Å². The third-order valence-corrected chi connectivity index (χ3v) is 14.7. The Morgan fingerprint density at radius 1 is 0.978 bits per heavy atom. The first kappa shape index (κ1) is 40.6. The van der Waals surface area contributed by atoms with Crippen LogP contribution in [0.1, 0.15) is 79.7 Å². The molecular formula is C36H64O9Si. The van der Waals surface area contributed by atoms with E-state index in [-0.39, 0.29) is 60.3 Å². The van der Waals surface area contributed by atoms with Crippen molar-refractivity contribution in [1.29, 1.82) is 0 Å². The Morgan fingerprint density at radius 3 is 2.20 bits per heavy atom. The van der Waals surface area contributed by atoms with Crippen molar-refractivity contribution in [2.75, 3.05) is 35.2 Å². The van der Waals surface area contributed by atoms with E-state index in [0.717, 1.165) is 31.1 Å². The third-order valence-electron chi connectivity index (χ3n) is 10.2. The molecule has 0 aromatic heterocycles. The summed E-state index contributed by atoms with van der Waals surface area (Å²) < 4.78 is 47.9. The standard InChI is InChI=1S/C36H64O9Si/c1-24(31(39-9)20-32(26(3)21-37)45-46(12,13)36(5,6)7)14-16-29(27(4)35-25(2)18-34(41-11)44-35)43-23-42-22-28-15-17-30(38-8)33(19-28)40-10/h15,17,19,21,24-27,29,31-32,34-35H,14,16,18,20,22-23H2,1-13H3/t24-,25+,26-,27-,29+,31-,32-,34?,35+/m0/s1. The molecule has 0 N–H and O–H groups in total. The van der Waals surface area contributed by atoms with Gasteiger partial charge < -0.3 is 42.4 Å². The molecule has 0 aliphatic carbocycles. The van der Waals surface area contributed by atoms with Crippen molar-refractivity contribution < 1.29 is 42.4 Å². The van der Waals surface area contributed by atoms with Gasteiger partial charge in [0.25, 0.3) is 0 Å². The molecule has 0 saturated carbocycles. The number of carbonyl (C=O) groups is 1. The van der Waals surface area contributed by atoms with Gasteiger partial charge in [-0.15, -0.1) is 0 Å². The van der Waals surface area contributed by atoms with Crippen molar-refractivity contribution in [1.82, 2.24) is 0 Å². The summed E-state index contributed by atoms with van der Waals surface area (Å²) in [5.41, 5.74) is 0.970. The molecule has 1 unspecified atom stereocenters. The third kappa shape index (κ3) is 11.6. The Morgan fingerprint density at radius 2 is 1.65 bits per heavy atom. The van der Waals surface area contributed by atoms with Gasteiger partial charge in [0.15, 0.2) is 26.1 Å². The fourth-order valence-electron chi connectivity index (χ4n) is 5.99. The zero-order valence-corrected chi connectivity index (χ0v) is 31.9. The van der Waals surface area contributed by atoms with Crippen molar-refractivity contribution in [2.24, 2.45) is 23.7 Å². The molecular weight excluding hydrogens is 604 g/mol. The average Bonchev–Trinajstić information content (AvgIpc) is 3.41. The van der Waals surface area contributed by atoms with Crippen molar-refractivity contribution >= 4 is 14.6 Å². The smallest absolute Gasteiger partial charge is 0.192 e.